The summed E-state index contributed by atoms with van der Waals surface area (Å²) in [5, 5.41) is 4.64. The fourth-order valence-electron chi connectivity index (χ4n) is 2.99. The molecule has 0 amide bonds. The lowest BCUT2D eigenvalue weighted by Crippen LogP contribution is -3.00. The summed E-state index contributed by atoms with van der Waals surface area (Å²) in [5.41, 5.74) is 5.51. The van der Waals surface area contributed by atoms with Gasteiger partial charge in [0.25, 0.3) is 0 Å². The van der Waals surface area contributed by atoms with E-state index in [1.54, 1.807) is 0 Å². The molecule has 0 radical (unpaired) electrons. The third kappa shape index (κ3) is 4.54. The van der Waals surface area contributed by atoms with Gasteiger partial charge in [0.15, 0.2) is 0 Å². The van der Waals surface area contributed by atoms with Crippen molar-refractivity contribution in [3.8, 4) is 0 Å². The maximum Gasteiger partial charge on any atom is 0.0971 e. The highest BCUT2D eigenvalue weighted by Gasteiger charge is 2.38. The Morgan fingerprint density at radius 1 is 1.33 bits per heavy atom. The van der Waals surface area contributed by atoms with E-state index in [1.165, 1.54) is 5.71 Å². The zero-order valence-electron chi connectivity index (χ0n) is 13.2. The van der Waals surface area contributed by atoms with E-state index in [2.05, 4.69) is 38.0 Å². The Bertz CT molecular complexity index is 486. The predicted octanol–water partition coefficient (Wildman–Crippen LogP) is 0.519. The molecule has 116 valence electrons. The minimum atomic E-state index is 0. The molecule has 0 bridgehead atoms. The average molecular weight is 399 g/mol. The van der Waals surface area contributed by atoms with Crippen LogP contribution in [0.4, 0.5) is 5.69 Å². The molecule has 0 saturated carbocycles. The first kappa shape index (κ1) is 18.2. The summed E-state index contributed by atoms with van der Waals surface area (Å²) in [6.07, 6.45) is 3.08. The van der Waals surface area contributed by atoms with Gasteiger partial charge in [0.05, 0.1) is 37.6 Å². The Labute approximate surface area is 145 Å². The highest BCUT2D eigenvalue weighted by molar-refractivity contribution is 5.88. The molecule has 1 aromatic carbocycles. The van der Waals surface area contributed by atoms with Crippen molar-refractivity contribution in [1.29, 1.82) is 0 Å². The number of nitrogens with zero attached hydrogens (tertiary/aromatic N) is 2. The monoisotopic (exact) mass is 399 g/mol. The fraction of sp³-hybridized carbons (Fsp3) is 0.471. The molecule has 3 atom stereocenters. The predicted molar refractivity (Wildman–Crippen MR) is 86.9 cm³/mol. The van der Waals surface area contributed by atoms with Crippen molar-refractivity contribution in [2.45, 2.75) is 26.3 Å². The van der Waals surface area contributed by atoms with Gasteiger partial charge in [0.2, 0.25) is 0 Å². The molecule has 2 rings (SSSR count). The second-order valence-corrected chi connectivity index (χ2v) is 6.17. The minimum absolute atomic E-state index is 0. The molecule has 1 fully saturated rings. The number of hydrogen-bond donors (Lipinski definition) is 1. The molecule has 0 aromatic heterocycles. The van der Waals surface area contributed by atoms with Crippen LogP contribution in [0.25, 0.3) is 0 Å². The number of hydrogen-bond acceptors (Lipinski definition) is 2. The van der Waals surface area contributed by atoms with E-state index < -0.39 is 0 Å². The zero-order valence-corrected chi connectivity index (χ0v) is 15.4. The van der Waals surface area contributed by atoms with Crippen LogP contribution in [-0.2, 0) is 0 Å². The van der Waals surface area contributed by atoms with Crippen LogP contribution in [-0.4, -0.2) is 36.4 Å². The van der Waals surface area contributed by atoms with Crippen LogP contribution in [0.15, 0.2) is 48.1 Å². The summed E-state index contributed by atoms with van der Waals surface area (Å²) < 4.78 is 1.06. The van der Waals surface area contributed by atoms with Crippen molar-refractivity contribution in [2.24, 2.45) is 11.0 Å². The number of halogens is 1. The summed E-state index contributed by atoms with van der Waals surface area (Å²) in [6.45, 7) is 10.6. The molecule has 1 aromatic rings. The topological polar surface area (TPSA) is 24.4 Å². The maximum atomic E-state index is 4.64. The van der Waals surface area contributed by atoms with Crippen LogP contribution < -0.4 is 29.4 Å². The third-order valence-electron chi connectivity index (χ3n) is 4.48. The van der Waals surface area contributed by atoms with Crippen molar-refractivity contribution >= 4 is 11.4 Å². The van der Waals surface area contributed by atoms with Crippen LogP contribution in [0.1, 0.15) is 20.3 Å². The maximum absolute atomic E-state index is 4.64. The van der Waals surface area contributed by atoms with Crippen molar-refractivity contribution < 1.29 is 28.5 Å². The number of benzene rings is 1. The Hall–Kier alpha value is -0.880. The third-order valence-corrected chi connectivity index (χ3v) is 4.48. The lowest BCUT2D eigenvalue weighted by atomic mass is 9.90. The molecule has 4 heteroatoms. The first-order valence-corrected chi connectivity index (χ1v) is 7.38. The van der Waals surface area contributed by atoms with Crippen molar-refractivity contribution in [3.63, 3.8) is 0 Å². The second kappa shape index (κ2) is 7.94. The molecule has 1 saturated heterocycles. The van der Waals surface area contributed by atoms with Gasteiger partial charge in [-0.05, 0) is 25.1 Å². The van der Waals surface area contributed by atoms with E-state index in [4.69, 9.17) is 0 Å². The Balaban J connectivity index is 0.00000220. The van der Waals surface area contributed by atoms with E-state index in [0.29, 0.717) is 12.0 Å². The summed E-state index contributed by atoms with van der Waals surface area (Å²) in [6, 6.07) is 10.7. The van der Waals surface area contributed by atoms with E-state index >= 15 is 0 Å². The lowest BCUT2D eigenvalue weighted by molar-refractivity contribution is -0.930. The Morgan fingerprint density at radius 3 is 2.62 bits per heavy atom. The summed E-state index contributed by atoms with van der Waals surface area (Å²) >= 11 is 0. The van der Waals surface area contributed by atoms with E-state index in [0.717, 1.165) is 29.7 Å². The van der Waals surface area contributed by atoms with Crippen LogP contribution in [0.3, 0.4) is 0 Å². The highest BCUT2D eigenvalue weighted by atomic mass is 127. The number of anilines is 1. The van der Waals surface area contributed by atoms with Gasteiger partial charge in [-0.25, -0.2) is 0 Å². The highest BCUT2D eigenvalue weighted by Crippen LogP contribution is 2.26. The number of quaternary nitrogens is 1. The minimum Gasteiger partial charge on any atom is -1.00 e. The molecule has 1 aliphatic heterocycles. The summed E-state index contributed by atoms with van der Waals surface area (Å²) in [7, 11) is 2.32. The van der Waals surface area contributed by atoms with Gasteiger partial charge in [-0.2, -0.15) is 5.10 Å². The van der Waals surface area contributed by atoms with Crippen LogP contribution >= 0.6 is 0 Å². The number of nitrogens with one attached hydrogen (secondary N) is 1. The van der Waals surface area contributed by atoms with E-state index in [9.17, 15) is 0 Å². The SMILES string of the molecule is C=CC[N+]1(C)CC(C)/C(=N\Nc2ccccc2)CC1C.[I-]. The average Bonchev–Trinajstić information content (AvgIpc) is 2.43. The molecule has 0 aliphatic carbocycles. The first-order chi connectivity index (χ1) is 9.55. The largest absolute Gasteiger partial charge is 1.00 e. The molecule has 3 nitrogen and oxygen atoms in total. The van der Waals surface area contributed by atoms with Crippen molar-refractivity contribution in [1.82, 2.24) is 0 Å². The van der Waals surface area contributed by atoms with Gasteiger partial charge in [-0.15, -0.1) is 0 Å². The number of piperidine rings is 1. The number of hydrazone groups is 1. The van der Waals surface area contributed by atoms with Crippen molar-refractivity contribution in [3.05, 3.63) is 43.0 Å². The molecule has 3 unspecified atom stereocenters. The van der Waals surface area contributed by atoms with E-state index in [-0.39, 0.29) is 24.0 Å². The lowest BCUT2D eigenvalue weighted by Gasteiger charge is -2.45. The van der Waals surface area contributed by atoms with Crippen LogP contribution in [0.5, 0.6) is 0 Å². The standard InChI is InChI=1S/C17H26N3.HI/c1-5-11-20(4)13-14(2)17(12-15(20)3)19-18-16-9-7-6-8-10-16;/h5-10,14-15,18H,1,11-13H2,2-4H3;1H/q+1;/p-1/b19-17-;. The summed E-state index contributed by atoms with van der Waals surface area (Å²) in [4.78, 5) is 0. The molecular formula is C17H26IN3. The van der Waals surface area contributed by atoms with Crippen LogP contribution in [0, 0.1) is 5.92 Å². The molecule has 1 heterocycles. The molecular weight excluding hydrogens is 373 g/mol. The number of likely N-dealkylation sites (N-methyl/N-ethyl adjacent to an activating group) is 1. The Kier molecular flexibility index (Phi) is 6.87. The van der Waals surface area contributed by atoms with Crippen LogP contribution in [0.2, 0.25) is 0 Å². The molecule has 1 N–H and O–H groups in total. The number of rotatable bonds is 4. The normalized spacial score (nSPS) is 30.5. The quantitative estimate of drug-likeness (QED) is 0.340. The van der Waals surface area contributed by atoms with E-state index in [1.807, 2.05) is 36.4 Å². The van der Waals surface area contributed by atoms with Gasteiger partial charge in [-0.3, -0.25) is 5.43 Å². The fourth-order valence-corrected chi connectivity index (χ4v) is 2.99. The van der Waals surface area contributed by atoms with Gasteiger partial charge >= 0.3 is 0 Å². The smallest absolute Gasteiger partial charge is 0.0971 e. The summed E-state index contributed by atoms with van der Waals surface area (Å²) in [5.74, 6) is 0.507. The molecule has 0 spiro atoms. The number of para-hydroxylation sites is 1. The number of likely N-dealkylation sites (tertiary alicyclic amines) is 1. The Morgan fingerprint density at radius 2 is 2.00 bits per heavy atom. The van der Waals surface area contributed by atoms with Crippen molar-refractivity contribution in [2.75, 3.05) is 25.6 Å². The van der Waals surface area contributed by atoms with Gasteiger partial charge in [-0.1, -0.05) is 31.7 Å². The molecule has 21 heavy (non-hydrogen) atoms. The van der Waals surface area contributed by atoms with Gasteiger partial charge < -0.3 is 28.5 Å². The first-order valence-electron chi connectivity index (χ1n) is 7.38. The van der Waals surface area contributed by atoms with Gasteiger partial charge in [0, 0.05) is 12.3 Å². The molecule has 1 aliphatic rings. The second-order valence-electron chi connectivity index (χ2n) is 6.17. The zero-order chi connectivity index (χ0) is 14.6. The van der Waals surface area contributed by atoms with Gasteiger partial charge in [0.1, 0.15) is 0 Å².